The smallest absolute Gasteiger partial charge is 0.184 e. The first-order valence-corrected chi connectivity index (χ1v) is 19.4. The van der Waals surface area contributed by atoms with Crippen molar-refractivity contribution in [3.63, 3.8) is 0 Å². The van der Waals surface area contributed by atoms with Gasteiger partial charge in [0.15, 0.2) is 0 Å². The molecule has 8 aromatic rings. The van der Waals surface area contributed by atoms with E-state index in [1.54, 1.807) is 0 Å². The predicted octanol–water partition coefficient (Wildman–Crippen LogP) is 12.1. The summed E-state index contributed by atoms with van der Waals surface area (Å²) < 4.78 is 0. The van der Waals surface area contributed by atoms with Gasteiger partial charge in [0, 0.05) is 0 Å². The molecule has 0 atom stereocenters. The molecule has 1 aliphatic heterocycles. The molecule has 0 amide bonds. The van der Waals surface area contributed by atoms with Crippen LogP contribution in [0.25, 0.3) is 54.9 Å². The van der Waals surface area contributed by atoms with Gasteiger partial charge in [-0.3, -0.25) is 0 Å². The van der Waals surface area contributed by atoms with Crippen LogP contribution >= 0.6 is 0 Å². The molecule has 3 radical (unpaired) electrons. The number of fused-ring (bicyclic) bond motifs is 5. The quantitative estimate of drug-likeness (QED) is 0.117. The minimum atomic E-state index is 0. The van der Waals surface area contributed by atoms with Crippen LogP contribution in [0.2, 0.25) is 0 Å². The molecule has 0 bridgehead atoms. The van der Waals surface area contributed by atoms with Crippen LogP contribution in [-0.2, 0) is 39.0 Å². The van der Waals surface area contributed by atoms with E-state index in [0.717, 1.165) is 9.52 Å². The maximum atomic E-state index is 3.31. The van der Waals surface area contributed by atoms with Crippen LogP contribution in [0.15, 0.2) is 152 Å². The van der Waals surface area contributed by atoms with Gasteiger partial charge in [0.05, 0.1) is 9.52 Å². The molecule has 0 aliphatic carbocycles. The van der Waals surface area contributed by atoms with Crippen molar-refractivity contribution < 1.29 is 26.2 Å². The van der Waals surface area contributed by atoms with Gasteiger partial charge in [-0.1, -0.05) is 133 Å². The molecule has 52 heavy (non-hydrogen) atoms. The molecular weight excluding hydrogens is 720 g/mol. The van der Waals surface area contributed by atoms with Gasteiger partial charge < -0.3 is 0 Å². The summed E-state index contributed by atoms with van der Waals surface area (Å²) in [4.78, 5) is 0. The normalized spacial score (nSPS) is 11.2. The summed E-state index contributed by atoms with van der Waals surface area (Å²) in [6.45, 7) is 8.84. The Morgan fingerprint density at radius 1 is 0.500 bits per heavy atom. The van der Waals surface area contributed by atoms with Gasteiger partial charge in [0.1, 0.15) is 0 Å². The summed E-state index contributed by atoms with van der Waals surface area (Å²) in [5, 5.41) is 8.33. The molecular formula is C50H45SiZr. The van der Waals surface area contributed by atoms with E-state index in [9.17, 15) is 0 Å². The zero-order valence-electron chi connectivity index (χ0n) is 30.8. The molecule has 0 aromatic heterocycles. The molecule has 0 spiro atoms. The summed E-state index contributed by atoms with van der Waals surface area (Å²) >= 11 is 0. The van der Waals surface area contributed by atoms with Crippen LogP contribution in [0.3, 0.4) is 0 Å². The van der Waals surface area contributed by atoms with Gasteiger partial charge in [-0.25, -0.2) is 0 Å². The number of hydrogen-bond acceptors (Lipinski definition) is 0. The van der Waals surface area contributed by atoms with E-state index in [1.807, 2.05) is 6.07 Å². The fourth-order valence-corrected chi connectivity index (χ4v) is 8.72. The van der Waals surface area contributed by atoms with E-state index in [4.69, 9.17) is 0 Å². The molecule has 9 rings (SSSR count). The maximum Gasteiger partial charge on any atom is 3.00 e. The number of benzene rings is 6. The van der Waals surface area contributed by atoms with Crippen LogP contribution in [0.5, 0.6) is 0 Å². The minimum Gasteiger partial charge on any atom is -0.184 e. The van der Waals surface area contributed by atoms with E-state index in [0.29, 0.717) is 0 Å². The predicted molar refractivity (Wildman–Crippen MR) is 223 cm³/mol. The fourth-order valence-electron chi connectivity index (χ4n) is 7.41. The average Bonchev–Trinajstić information content (AvgIpc) is 3.88. The van der Waals surface area contributed by atoms with Gasteiger partial charge in [-0.2, -0.15) is 41.6 Å². The first kappa shape index (κ1) is 37.4. The molecule has 0 saturated carbocycles. The Kier molecular flexibility index (Phi) is 12.5. The van der Waals surface area contributed by atoms with Crippen molar-refractivity contribution in [2.24, 2.45) is 0 Å². The standard InChI is InChI=1S/2C19H19.C12H7Si.Zr/c2*1-3-7-15-12-16-9-6-11-18(19(16)13-15)17-10-5-4-8-14(17)2;1-3-7-11-9(5-1)10-6-2-4-8-12(10)13-11;/h2*4-6,8-13H,3,7H2,1-2H3;1-7H;/q3*-1;+3. The Bertz CT molecular complexity index is 2240. The number of aryl methyl sites for hydroxylation is 4. The summed E-state index contributed by atoms with van der Waals surface area (Å²) in [6.07, 6.45) is 4.75. The van der Waals surface area contributed by atoms with Crippen LogP contribution in [0.1, 0.15) is 48.9 Å². The number of rotatable bonds is 6. The van der Waals surface area contributed by atoms with E-state index < -0.39 is 0 Å². The zero-order valence-corrected chi connectivity index (χ0v) is 34.2. The number of hydrogen-bond donors (Lipinski definition) is 0. The van der Waals surface area contributed by atoms with Crippen molar-refractivity contribution in [3.8, 4) is 33.4 Å². The van der Waals surface area contributed by atoms with Crippen LogP contribution < -0.4 is 10.4 Å². The minimum absolute atomic E-state index is 0. The van der Waals surface area contributed by atoms with Crippen LogP contribution in [0, 0.1) is 19.9 Å². The van der Waals surface area contributed by atoms with Gasteiger partial charge in [-0.05, 0) is 48.9 Å². The third-order valence-corrected chi connectivity index (χ3v) is 11.3. The Balaban J connectivity index is 0.000000135. The molecule has 8 aromatic carbocycles. The fraction of sp³-hybridized carbons (Fsp3) is 0.160. The summed E-state index contributed by atoms with van der Waals surface area (Å²) in [5.41, 5.74) is 13.8. The second-order valence-corrected chi connectivity index (χ2v) is 14.9. The van der Waals surface area contributed by atoms with Crippen molar-refractivity contribution in [3.05, 3.63) is 180 Å². The second-order valence-electron chi connectivity index (χ2n) is 13.6. The average molecular weight is 765 g/mol. The van der Waals surface area contributed by atoms with Gasteiger partial charge in [-0.15, -0.1) is 74.6 Å². The Hall–Kier alpha value is -4.36. The Labute approximate surface area is 332 Å². The Morgan fingerprint density at radius 2 is 0.962 bits per heavy atom. The maximum absolute atomic E-state index is 3.31. The molecule has 0 unspecified atom stereocenters. The molecule has 1 aliphatic rings. The third kappa shape index (κ3) is 8.15. The molecule has 0 saturated heterocycles. The first-order valence-electron chi connectivity index (χ1n) is 18.4. The van der Waals surface area contributed by atoms with Crippen molar-refractivity contribution in [2.75, 3.05) is 0 Å². The van der Waals surface area contributed by atoms with Crippen LogP contribution in [-0.4, -0.2) is 9.52 Å². The summed E-state index contributed by atoms with van der Waals surface area (Å²) in [7, 11) is 0.795. The molecule has 0 nitrogen and oxygen atoms in total. The third-order valence-electron chi connectivity index (χ3n) is 9.90. The SMILES string of the molecule is CCCc1cc2c(-c3ccccc3C)cccc2[cH-]1.CCCc1cc2c(-c3ccccc3C)cccc2[cH-]1.[Zr+3].[c-]1cccc2c1[Si]c1ccccc1-2. The van der Waals surface area contributed by atoms with Crippen molar-refractivity contribution in [1.29, 1.82) is 0 Å². The van der Waals surface area contributed by atoms with Gasteiger partial charge in [0.25, 0.3) is 0 Å². The van der Waals surface area contributed by atoms with Gasteiger partial charge in [0.2, 0.25) is 0 Å². The Morgan fingerprint density at radius 3 is 1.48 bits per heavy atom. The second kappa shape index (κ2) is 17.4. The van der Waals surface area contributed by atoms with E-state index in [-0.39, 0.29) is 26.2 Å². The van der Waals surface area contributed by atoms with E-state index >= 15 is 0 Å². The molecule has 253 valence electrons. The van der Waals surface area contributed by atoms with Gasteiger partial charge >= 0.3 is 26.2 Å². The monoisotopic (exact) mass is 763 g/mol. The largest absolute Gasteiger partial charge is 3.00 e. The van der Waals surface area contributed by atoms with E-state index in [1.165, 1.54) is 113 Å². The molecule has 1 heterocycles. The zero-order chi connectivity index (χ0) is 35.2. The molecule has 0 fully saturated rings. The molecule has 0 N–H and O–H groups in total. The van der Waals surface area contributed by atoms with Crippen molar-refractivity contribution in [2.45, 2.75) is 53.4 Å². The van der Waals surface area contributed by atoms with E-state index in [2.05, 4.69) is 179 Å². The van der Waals surface area contributed by atoms with Crippen molar-refractivity contribution in [1.82, 2.24) is 0 Å². The van der Waals surface area contributed by atoms with Crippen LogP contribution in [0.4, 0.5) is 0 Å². The molecule has 2 heteroatoms. The topological polar surface area (TPSA) is 0 Å². The summed E-state index contributed by atoms with van der Waals surface area (Å²) in [6, 6.07) is 58.1. The summed E-state index contributed by atoms with van der Waals surface area (Å²) in [5.74, 6) is 0. The van der Waals surface area contributed by atoms with Crippen molar-refractivity contribution >= 4 is 41.4 Å². The first-order chi connectivity index (χ1) is 25.0.